The third kappa shape index (κ3) is 4.39. The molecule has 2 aromatic rings. The molecule has 1 aromatic heterocycles. The normalized spacial score (nSPS) is 10.6. The number of hydrogen-bond donors (Lipinski definition) is 2. The van der Waals surface area contributed by atoms with Crippen molar-refractivity contribution < 1.29 is 13.5 Å². The fraction of sp³-hybridized carbons (Fsp3) is 0.286. The minimum absolute atomic E-state index is 0.0409. The van der Waals surface area contributed by atoms with Crippen molar-refractivity contribution in [2.45, 2.75) is 20.1 Å². The Morgan fingerprint density at radius 1 is 1.41 bits per heavy atom. The van der Waals surface area contributed by atoms with E-state index in [9.17, 15) is 8.78 Å². The van der Waals surface area contributed by atoms with Gasteiger partial charge >= 0.3 is 6.61 Å². The second-order valence-electron chi connectivity index (χ2n) is 4.60. The molecule has 0 fully saturated rings. The number of hydrogen-bond acceptors (Lipinski definition) is 3. The highest BCUT2D eigenvalue weighted by Crippen LogP contribution is 2.25. The molecular weight excluding hydrogens is 310 g/mol. The second-order valence-corrected chi connectivity index (χ2v) is 5.00. The van der Waals surface area contributed by atoms with Gasteiger partial charge in [-0.2, -0.15) is 13.9 Å². The molecule has 0 bridgehead atoms. The molecule has 0 aliphatic heterocycles. The Kier molecular flexibility index (Phi) is 5.26. The first-order valence-corrected chi connectivity index (χ1v) is 6.94. The molecule has 0 saturated carbocycles. The number of ether oxygens (including phenoxy) is 1. The molecule has 0 radical (unpaired) electrons. The molecule has 2 rings (SSSR count). The number of aromatic nitrogens is 2. The van der Waals surface area contributed by atoms with Gasteiger partial charge in [-0.3, -0.25) is 4.68 Å². The van der Waals surface area contributed by atoms with E-state index in [-0.39, 0.29) is 5.75 Å². The van der Waals surface area contributed by atoms with E-state index in [1.807, 2.05) is 20.2 Å². The average Bonchev–Trinajstić information content (AvgIpc) is 2.76. The van der Waals surface area contributed by atoms with Crippen LogP contribution in [0.3, 0.4) is 0 Å². The Hall–Kier alpha value is -2.22. The van der Waals surface area contributed by atoms with E-state index in [0.717, 1.165) is 11.3 Å². The Labute approximate surface area is 132 Å². The molecule has 0 aliphatic carbocycles. The number of benzene rings is 1. The van der Waals surface area contributed by atoms with E-state index in [0.29, 0.717) is 17.3 Å². The van der Waals surface area contributed by atoms with Gasteiger partial charge in [-0.05, 0) is 31.3 Å². The van der Waals surface area contributed by atoms with Crippen molar-refractivity contribution in [2.75, 3.05) is 5.32 Å². The van der Waals surface area contributed by atoms with Gasteiger partial charge in [0.15, 0.2) is 5.11 Å². The summed E-state index contributed by atoms with van der Waals surface area (Å²) in [6.45, 7) is -0.495. The lowest BCUT2D eigenvalue weighted by molar-refractivity contribution is -0.0493. The van der Waals surface area contributed by atoms with Crippen molar-refractivity contribution in [3.63, 3.8) is 0 Å². The van der Waals surface area contributed by atoms with Crippen LogP contribution in [0.25, 0.3) is 0 Å². The van der Waals surface area contributed by atoms with Gasteiger partial charge in [0.25, 0.3) is 0 Å². The maximum atomic E-state index is 12.3. The minimum Gasteiger partial charge on any atom is -0.433 e. The van der Waals surface area contributed by atoms with Crippen LogP contribution in [-0.2, 0) is 13.6 Å². The van der Waals surface area contributed by atoms with E-state index in [1.165, 1.54) is 6.07 Å². The van der Waals surface area contributed by atoms with Gasteiger partial charge in [0.2, 0.25) is 0 Å². The van der Waals surface area contributed by atoms with Crippen molar-refractivity contribution in [2.24, 2.45) is 7.05 Å². The topological polar surface area (TPSA) is 51.1 Å². The maximum Gasteiger partial charge on any atom is 0.387 e. The maximum absolute atomic E-state index is 12.3. The predicted molar refractivity (Wildman–Crippen MR) is 84.1 cm³/mol. The largest absolute Gasteiger partial charge is 0.433 e. The highest BCUT2D eigenvalue weighted by molar-refractivity contribution is 7.80. The Bertz CT molecular complexity index is 660. The summed E-state index contributed by atoms with van der Waals surface area (Å²) in [4.78, 5) is 0. The van der Waals surface area contributed by atoms with Crippen molar-refractivity contribution in [3.8, 4) is 5.75 Å². The highest BCUT2D eigenvalue weighted by atomic mass is 32.1. The zero-order chi connectivity index (χ0) is 16.1. The zero-order valence-corrected chi connectivity index (χ0v) is 13.0. The van der Waals surface area contributed by atoms with Crippen LogP contribution in [0.2, 0.25) is 0 Å². The second kappa shape index (κ2) is 7.17. The number of thiocarbonyl (C=S) groups is 1. The summed E-state index contributed by atoms with van der Waals surface area (Å²) in [7, 11) is 1.84. The van der Waals surface area contributed by atoms with Gasteiger partial charge in [0.1, 0.15) is 5.75 Å². The quantitative estimate of drug-likeness (QED) is 0.828. The summed E-state index contributed by atoms with van der Waals surface area (Å²) in [5.41, 5.74) is 2.28. The first-order valence-electron chi connectivity index (χ1n) is 6.53. The van der Waals surface area contributed by atoms with Gasteiger partial charge in [-0.25, -0.2) is 0 Å². The first-order chi connectivity index (χ1) is 10.5. The van der Waals surface area contributed by atoms with E-state index < -0.39 is 6.61 Å². The van der Waals surface area contributed by atoms with E-state index >= 15 is 0 Å². The Balaban J connectivity index is 1.96. The van der Waals surface area contributed by atoms with Crippen molar-refractivity contribution >= 4 is 23.0 Å². The standard InChI is InChI=1S/C14H16F2N4OS/c1-9-10(8-20(2)19-9)7-17-14(22)18-11-5-3-4-6-12(11)21-13(15)16/h3-6,8,13H,7H2,1-2H3,(H2,17,18,22). The molecule has 0 saturated heterocycles. The molecule has 0 aliphatic rings. The fourth-order valence-electron chi connectivity index (χ4n) is 1.93. The van der Waals surface area contributed by atoms with Crippen LogP contribution in [-0.4, -0.2) is 21.5 Å². The minimum atomic E-state index is -2.89. The molecule has 8 heteroatoms. The summed E-state index contributed by atoms with van der Waals surface area (Å²) < 4.78 is 30.8. The number of rotatable bonds is 5. The zero-order valence-electron chi connectivity index (χ0n) is 12.1. The molecule has 0 amide bonds. The summed E-state index contributed by atoms with van der Waals surface area (Å²) in [6, 6.07) is 6.37. The molecule has 0 atom stereocenters. The molecule has 5 nitrogen and oxygen atoms in total. The lowest BCUT2D eigenvalue weighted by atomic mass is 10.2. The number of halogens is 2. The first kappa shape index (κ1) is 16.2. The summed E-state index contributed by atoms with van der Waals surface area (Å²) in [5, 5.41) is 10.4. The number of nitrogens with zero attached hydrogens (tertiary/aromatic N) is 2. The number of nitrogens with one attached hydrogen (secondary N) is 2. The van der Waals surface area contributed by atoms with Crippen LogP contribution in [0.5, 0.6) is 5.75 Å². The third-order valence-corrected chi connectivity index (χ3v) is 3.15. The number of anilines is 1. The Morgan fingerprint density at radius 2 is 2.14 bits per heavy atom. The fourth-order valence-corrected chi connectivity index (χ4v) is 2.11. The van der Waals surface area contributed by atoms with Crippen LogP contribution in [0.15, 0.2) is 30.5 Å². The van der Waals surface area contributed by atoms with E-state index in [1.54, 1.807) is 22.9 Å². The molecule has 118 valence electrons. The third-order valence-electron chi connectivity index (χ3n) is 2.91. The smallest absolute Gasteiger partial charge is 0.387 e. The van der Waals surface area contributed by atoms with Crippen LogP contribution in [0.4, 0.5) is 14.5 Å². The van der Waals surface area contributed by atoms with E-state index in [2.05, 4.69) is 20.5 Å². The lowest BCUT2D eigenvalue weighted by Gasteiger charge is -2.14. The van der Waals surface area contributed by atoms with Gasteiger partial charge in [-0.1, -0.05) is 12.1 Å². The molecule has 1 heterocycles. The molecule has 1 aromatic carbocycles. The SMILES string of the molecule is Cc1nn(C)cc1CNC(=S)Nc1ccccc1OC(F)F. The van der Waals surface area contributed by atoms with Gasteiger partial charge in [0.05, 0.1) is 11.4 Å². The van der Waals surface area contributed by atoms with Crippen molar-refractivity contribution in [1.82, 2.24) is 15.1 Å². The lowest BCUT2D eigenvalue weighted by Crippen LogP contribution is -2.28. The van der Waals surface area contributed by atoms with Crippen molar-refractivity contribution in [3.05, 3.63) is 41.7 Å². The monoisotopic (exact) mass is 326 g/mol. The highest BCUT2D eigenvalue weighted by Gasteiger charge is 2.10. The molecule has 2 N–H and O–H groups in total. The molecule has 0 unspecified atom stereocenters. The van der Waals surface area contributed by atoms with Crippen LogP contribution >= 0.6 is 12.2 Å². The summed E-state index contributed by atoms with van der Waals surface area (Å²) >= 11 is 5.17. The van der Waals surface area contributed by atoms with E-state index in [4.69, 9.17) is 12.2 Å². The molecule has 0 spiro atoms. The number of alkyl halides is 2. The summed E-state index contributed by atoms with van der Waals surface area (Å²) in [6.07, 6.45) is 1.89. The van der Waals surface area contributed by atoms with Gasteiger partial charge in [-0.15, -0.1) is 0 Å². The van der Waals surface area contributed by atoms with Gasteiger partial charge < -0.3 is 15.4 Å². The van der Waals surface area contributed by atoms with Gasteiger partial charge in [0, 0.05) is 25.4 Å². The van der Waals surface area contributed by atoms with Crippen molar-refractivity contribution in [1.29, 1.82) is 0 Å². The predicted octanol–water partition coefficient (Wildman–Crippen LogP) is 2.82. The molecule has 22 heavy (non-hydrogen) atoms. The average molecular weight is 326 g/mol. The summed E-state index contributed by atoms with van der Waals surface area (Å²) in [5.74, 6) is 0.0409. The van der Waals surface area contributed by atoms with Crippen LogP contribution in [0.1, 0.15) is 11.3 Å². The number of para-hydroxylation sites is 2. The van der Waals surface area contributed by atoms with Crippen LogP contribution < -0.4 is 15.4 Å². The molecular formula is C14H16F2N4OS. The Morgan fingerprint density at radius 3 is 2.77 bits per heavy atom. The van der Waals surface area contributed by atoms with Crippen LogP contribution in [0, 0.1) is 6.92 Å². The number of aryl methyl sites for hydroxylation is 2.